The van der Waals surface area contributed by atoms with E-state index in [4.69, 9.17) is 4.74 Å². The minimum absolute atomic E-state index is 0.00459. The van der Waals surface area contributed by atoms with Gasteiger partial charge in [-0.1, -0.05) is 37.3 Å². The zero-order chi connectivity index (χ0) is 11.4. The third kappa shape index (κ3) is 2.61. The van der Waals surface area contributed by atoms with Crippen LogP contribution in [0.3, 0.4) is 0 Å². The number of rotatable bonds is 4. The summed E-state index contributed by atoms with van der Waals surface area (Å²) in [5.74, 6) is 0.364. The molecule has 1 aliphatic heterocycles. The van der Waals surface area contributed by atoms with Crippen LogP contribution in [0.15, 0.2) is 30.3 Å². The Morgan fingerprint density at radius 1 is 1.44 bits per heavy atom. The van der Waals surface area contributed by atoms with E-state index in [2.05, 4.69) is 5.32 Å². The summed E-state index contributed by atoms with van der Waals surface area (Å²) in [7, 11) is 0. The predicted octanol–water partition coefficient (Wildman–Crippen LogP) is 1.59. The lowest BCUT2D eigenvalue weighted by atomic mass is 9.89. The minimum atomic E-state index is -0.0876. The lowest BCUT2D eigenvalue weighted by molar-refractivity contribution is -0.151. The van der Waals surface area contributed by atoms with E-state index in [0.717, 1.165) is 18.7 Å². The average molecular weight is 219 g/mol. The Kier molecular flexibility index (Phi) is 3.57. The Hall–Kier alpha value is -1.35. The number of benzene rings is 1. The summed E-state index contributed by atoms with van der Waals surface area (Å²) >= 11 is 0. The Bertz CT molecular complexity index is 346. The van der Waals surface area contributed by atoms with Crippen molar-refractivity contribution in [1.29, 1.82) is 0 Å². The van der Waals surface area contributed by atoms with Crippen LogP contribution in [0.4, 0.5) is 0 Å². The van der Waals surface area contributed by atoms with Crippen molar-refractivity contribution < 1.29 is 9.53 Å². The molecule has 0 radical (unpaired) electrons. The Morgan fingerprint density at radius 2 is 2.12 bits per heavy atom. The Morgan fingerprint density at radius 3 is 2.69 bits per heavy atom. The van der Waals surface area contributed by atoms with E-state index in [-0.39, 0.29) is 11.9 Å². The van der Waals surface area contributed by atoms with E-state index >= 15 is 0 Å². The van der Waals surface area contributed by atoms with E-state index in [0.29, 0.717) is 12.5 Å². The fourth-order valence-corrected chi connectivity index (χ4v) is 1.72. The summed E-state index contributed by atoms with van der Waals surface area (Å²) < 4.78 is 5.28. The molecule has 1 aromatic carbocycles. The van der Waals surface area contributed by atoms with Gasteiger partial charge < -0.3 is 10.1 Å². The van der Waals surface area contributed by atoms with E-state index in [9.17, 15) is 4.79 Å². The molecule has 1 unspecified atom stereocenters. The highest BCUT2D eigenvalue weighted by atomic mass is 16.5. The zero-order valence-corrected chi connectivity index (χ0v) is 9.48. The topological polar surface area (TPSA) is 38.3 Å². The first-order valence-corrected chi connectivity index (χ1v) is 5.68. The van der Waals surface area contributed by atoms with Crippen molar-refractivity contribution in [3.8, 4) is 0 Å². The maximum atomic E-state index is 11.7. The number of esters is 1. The summed E-state index contributed by atoms with van der Waals surface area (Å²) in [4.78, 5) is 11.7. The van der Waals surface area contributed by atoms with Gasteiger partial charge in [0.15, 0.2) is 0 Å². The molecule has 1 heterocycles. The van der Waals surface area contributed by atoms with Gasteiger partial charge in [-0.15, -0.1) is 0 Å². The average Bonchev–Trinajstić information content (AvgIpc) is 2.25. The molecule has 0 aromatic heterocycles. The van der Waals surface area contributed by atoms with Crippen LogP contribution >= 0.6 is 0 Å². The standard InChI is InChI=1S/C13H17NO2/c1-10(12-7-14-8-12)13(15)16-9-11-5-3-2-4-6-11/h2-6,10,12,14H,7-9H2,1H3. The largest absolute Gasteiger partial charge is 0.461 e. The van der Waals surface area contributed by atoms with Crippen LogP contribution in [-0.4, -0.2) is 19.1 Å². The molecule has 16 heavy (non-hydrogen) atoms. The van der Waals surface area contributed by atoms with E-state index in [1.54, 1.807) is 0 Å². The summed E-state index contributed by atoms with van der Waals surface area (Å²) in [5.41, 5.74) is 1.04. The lowest BCUT2D eigenvalue weighted by Gasteiger charge is -2.31. The summed E-state index contributed by atoms with van der Waals surface area (Å²) in [5, 5.41) is 3.16. The van der Waals surface area contributed by atoms with Gasteiger partial charge in [-0.05, 0) is 24.6 Å². The third-order valence-electron chi connectivity index (χ3n) is 3.12. The first-order valence-electron chi connectivity index (χ1n) is 5.68. The quantitative estimate of drug-likeness (QED) is 0.781. The molecule has 3 heteroatoms. The third-order valence-corrected chi connectivity index (χ3v) is 3.12. The second-order valence-corrected chi connectivity index (χ2v) is 4.30. The smallest absolute Gasteiger partial charge is 0.309 e. The van der Waals surface area contributed by atoms with Crippen LogP contribution in [0, 0.1) is 11.8 Å². The number of nitrogens with one attached hydrogen (secondary N) is 1. The molecular formula is C13H17NO2. The molecule has 3 nitrogen and oxygen atoms in total. The predicted molar refractivity (Wildman–Crippen MR) is 61.8 cm³/mol. The van der Waals surface area contributed by atoms with Crippen LogP contribution in [0.25, 0.3) is 0 Å². The van der Waals surface area contributed by atoms with Crippen molar-refractivity contribution in [3.63, 3.8) is 0 Å². The molecule has 0 spiro atoms. The summed E-state index contributed by atoms with van der Waals surface area (Å²) in [6.07, 6.45) is 0. The van der Waals surface area contributed by atoms with Crippen molar-refractivity contribution in [3.05, 3.63) is 35.9 Å². The monoisotopic (exact) mass is 219 g/mol. The van der Waals surface area contributed by atoms with E-state index < -0.39 is 0 Å². The molecule has 1 N–H and O–H groups in total. The van der Waals surface area contributed by atoms with Gasteiger partial charge in [-0.25, -0.2) is 0 Å². The van der Waals surface area contributed by atoms with Crippen LogP contribution in [-0.2, 0) is 16.1 Å². The van der Waals surface area contributed by atoms with Crippen molar-refractivity contribution in [2.45, 2.75) is 13.5 Å². The molecule has 0 bridgehead atoms. The van der Waals surface area contributed by atoms with Crippen LogP contribution < -0.4 is 5.32 Å². The molecule has 86 valence electrons. The van der Waals surface area contributed by atoms with Crippen molar-refractivity contribution >= 4 is 5.97 Å². The fraction of sp³-hybridized carbons (Fsp3) is 0.462. The van der Waals surface area contributed by atoms with Gasteiger partial charge in [0.2, 0.25) is 0 Å². The van der Waals surface area contributed by atoms with Crippen LogP contribution in [0.2, 0.25) is 0 Å². The molecule has 1 fully saturated rings. The maximum Gasteiger partial charge on any atom is 0.309 e. The highest BCUT2D eigenvalue weighted by Crippen LogP contribution is 2.17. The first kappa shape index (κ1) is 11.1. The number of hydrogen-bond donors (Lipinski definition) is 1. The minimum Gasteiger partial charge on any atom is -0.461 e. The Balaban J connectivity index is 1.79. The molecule has 1 aliphatic rings. The lowest BCUT2D eigenvalue weighted by Crippen LogP contribution is -2.47. The molecule has 1 atom stereocenters. The Labute approximate surface area is 95.8 Å². The molecule has 2 rings (SSSR count). The molecule has 0 amide bonds. The molecule has 1 aromatic rings. The van der Waals surface area contributed by atoms with Gasteiger partial charge >= 0.3 is 5.97 Å². The second-order valence-electron chi connectivity index (χ2n) is 4.30. The second kappa shape index (κ2) is 5.12. The highest BCUT2D eigenvalue weighted by Gasteiger charge is 2.29. The molecule has 1 saturated heterocycles. The number of ether oxygens (including phenoxy) is 1. The van der Waals surface area contributed by atoms with E-state index in [1.165, 1.54) is 0 Å². The van der Waals surface area contributed by atoms with Gasteiger partial charge in [0, 0.05) is 0 Å². The molecule has 0 aliphatic carbocycles. The number of carbonyl (C=O) groups excluding carboxylic acids is 1. The van der Waals surface area contributed by atoms with Crippen molar-refractivity contribution in [2.75, 3.05) is 13.1 Å². The van der Waals surface area contributed by atoms with Gasteiger partial charge in [0.05, 0.1) is 5.92 Å². The highest BCUT2D eigenvalue weighted by molar-refractivity contribution is 5.72. The van der Waals surface area contributed by atoms with Gasteiger partial charge in [-0.3, -0.25) is 4.79 Å². The normalized spacial score (nSPS) is 17.6. The van der Waals surface area contributed by atoms with Crippen LogP contribution in [0.1, 0.15) is 12.5 Å². The SMILES string of the molecule is CC(C(=O)OCc1ccccc1)C1CNC1. The maximum absolute atomic E-state index is 11.7. The van der Waals surface area contributed by atoms with Crippen molar-refractivity contribution in [1.82, 2.24) is 5.32 Å². The number of hydrogen-bond acceptors (Lipinski definition) is 3. The summed E-state index contributed by atoms with van der Waals surface area (Å²) in [6.45, 7) is 4.19. The zero-order valence-electron chi connectivity index (χ0n) is 9.48. The van der Waals surface area contributed by atoms with Crippen LogP contribution in [0.5, 0.6) is 0 Å². The number of carbonyl (C=O) groups is 1. The fourth-order valence-electron chi connectivity index (χ4n) is 1.72. The van der Waals surface area contributed by atoms with Gasteiger partial charge in [-0.2, -0.15) is 0 Å². The van der Waals surface area contributed by atoms with Crippen molar-refractivity contribution in [2.24, 2.45) is 11.8 Å². The summed E-state index contributed by atoms with van der Waals surface area (Å²) in [6, 6.07) is 9.77. The molecule has 0 saturated carbocycles. The molecular weight excluding hydrogens is 202 g/mol. The van der Waals surface area contributed by atoms with Gasteiger partial charge in [0.1, 0.15) is 6.61 Å². The van der Waals surface area contributed by atoms with E-state index in [1.807, 2.05) is 37.3 Å². The first-order chi connectivity index (χ1) is 7.77. The van der Waals surface area contributed by atoms with Gasteiger partial charge in [0.25, 0.3) is 0 Å².